The number of esters is 1. The van der Waals surface area contributed by atoms with Crippen LogP contribution in [0.15, 0.2) is 6.07 Å². The number of carbonyl (C=O) groups excluding carboxylic acids is 1. The lowest BCUT2D eigenvalue weighted by atomic mass is 10.0. The van der Waals surface area contributed by atoms with Crippen LogP contribution in [0.25, 0.3) is 0 Å². The largest absolute Gasteiger partial charge is 0.467 e. The second-order valence-electron chi connectivity index (χ2n) is 4.60. The number of ether oxygens (including phenoxy) is 1. The zero-order valence-corrected chi connectivity index (χ0v) is 11.2. The third-order valence-corrected chi connectivity index (χ3v) is 2.39. The van der Waals surface area contributed by atoms with Crippen molar-refractivity contribution in [1.82, 2.24) is 9.97 Å². The van der Waals surface area contributed by atoms with Gasteiger partial charge in [-0.05, 0) is 19.3 Å². The summed E-state index contributed by atoms with van der Waals surface area (Å²) in [6.07, 6.45) is 0.662. The van der Waals surface area contributed by atoms with Crippen LogP contribution < -0.4 is 11.1 Å². The molecule has 0 aromatic carbocycles. The van der Waals surface area contributed by atoms with Crippen LogP contribution in [0, 0.1) is 12.8 Å². The molecule has 1 heterocycles. The minimum absolute atomic E-state index is 0.186. The highest BCUT2D eigenvalue weighted by molar-refractivity contribution is 5.78. The first-order valence-corrected chi connectivity index (χ1v) is 5.88. The summed E-state index contributed by atoms with van der Waals surface area (Å²) in [5, 5.41) is 3.04. The number of nitrogens with one attached hydrogen (secondary N) is 1. The van der Waals surface area contributed by atoms with Crippen molar-refractivity contribution in [2.24, 2.45) is 5.92 Å². The molecule has 0 aliphatic carbocycles. The van der Waals surface area contributed by atoms with Crippen molar-refractivity contribution in [2.45, 2.75) is 33.2 Å². The molecule has 0 amide bonds. The van der Waals surface area contributed by atoms with Gasteiger partial charge < -0.3 is 15.8 Å². The van der Waals surface area contributed by atoms with Crippen LogP contribution in [0.1, 0.15) is 26.0 Å². The van der Waals surface area contributed by atoms with Gasteiger partial charge in [-0.2, -0.15) is 4.98 Å². The molecule has 0 saturated heterocycles. The molecule has 0 spiro atoms. The van der Waals surface area contributed by atoms with E-state index in [1.807, 2.05) is 20.8 Å². The number of anilines is 2. The molecule has 100 valence electrons. The molecule has 1 aromatic rings. The zero-order chi connectivity index (χ0) is 13.7. The van der Waals surface area contributed by atoms with E-state index in [-0.39, 0.29) is 11.9 Å². The number of aryl methyl sites for hydroxylation is 1. The van der Waals surface area contributed by atoms with Gasteiger partial charge in [0.15, 0.2) is 0 Å². The van der Waals surface area contributed by atoms with Crippen LogP contribution in [-0.4, -0.2) is 29.1 Å². The van der Waals surface area contributed by atoms with Crippen molar-refractivity contribution in [2.75, 3.05) is 18.2 Å². The molecule has 1 atom stereocenters. The van der Waals surface area contributed by atoms with E-state index in [0.29, 0.717) is 18.2 Å². The van der Waals surface area contributed by atoms with Crippen LogP contribution in [0.3, 0.4) is 0 Å². The molecular formula is C12H20N4O2. The molecule has 0 aliphatic heterocycles. The fraction of sp³-hybridized carbons (Fsp3) is 0.583. The third-order valence-electron chi connectivity index (χ3n) is 2.39. The molecule has 0 saturated carbocycles. The highest BCUT2D eigenvalue weighted by atomic mass is 16.5. The first-order chi connectivity index (χ1) is 8.42. The molecule has 6 nitrogen and oxygen atoms in total. The van der Waals surface area contributed by atoms with E-state index in [1.54, 1.807) is 6.07 Å². The average Bonchev–Trinajstić information content (AvgIpc) is 2.25. The van der Waals surface area contributed by atoms with E-state index in [4.69, 9.17) is 10.5 Å². The Morgan fingerprint density at radius 1 is 1.50 bits per heavy atom. The number of hydrogen-bond acceptors (Lipinski definition) is 6. The highest BCUT2D eigenvalue weighted by Gasteiger charge is 2.20. The summed E-state index contributed by atoms with van der Waals surface area (Å²) in [5.41, 5.74) is 6.31. The van der Waals surface area contributed by atoms with Crippen LogP contribution >= 0.6 is 0 Å². The smallest absolute Gasteiger partial charge is 0.328 e. The van der Waals surface area contributed by atoms with E-state index in [1.165, 1.54) is 7.11 Å². The Balaban J connectivity index is 2.84. The standard InChI is InChI=1S/C12H20N4O2/c1-7(2)5-9(11(17)18-4)15-10-6-8(3)14-12(13)16-10/h6-7,9H,5H2,1-4H3,(H3,13,14,15,16). The van der Waals surface area contributed by atoms with Gasteiger partial charge in [-0.1, -0.05) is 13.8 Å². The molecule has 3 N–H and O–H groups in total. The second-order valence-corrected chi connectivity index (χ2v) is 4.60. The van der Waals surface area contributed by atoms with Crippen molar-refractivity contribution in [1.29, 1.82) is 0 Å². The van der Waals surface area contributed by atoms with Crippen LogP contribution in [-0.2, 0) is 9.53 Å². The average molecular weight is 252 g/mol. The SMILES string of the molecule is COC(=O)C(CC(C)C)Nc1cc(C)nc(N)n1. The van der Waals surface area contributed by atoms with Crippen LogP contribution in [0.5, 0.6) is 0 Å². The zero-order valence-electron chi connectivity index (χ0n) is 11.2. The first-order valence-electron chi connectivity index (χ1n) is 5.88. The van der Waals surface area contributed by atoms with Gasteiger partial charge >= 0.3 is 5.97 Å². The molecule has 1 rings (SSSR count). The van der Waals surface area contributed by atoms with Gasteiger partial charge in [0.2, 0.25) is 5.95 Å². The summed E-state index contributed by atoms with van der Waals surface area (Å²) in [5.74, 6) is 0.780. The molecule has 0 fully saturated rings. The summed E-state index contributed by atoms with van der Waals surface area (Å²) in [6.45, 7) is 5.90. The fourth-order valence-electron chi connectivity index (χ4n) is 1.67. The molecule has 1 unspecified atom stereocenters. The summed E-state index contributed by atoms with van der Waals surface area (Å²) < 4.78 is 4.77. The Kier molecular flexibility index (Phi) is 4.88. The molecule has 6 heteroatoms. The van der Waals surface area contributed by atoms with Gasteiger partial charge in [0.1, 0.15) is 11.9 Å². The van der Waals surface area contributed by atoms with Gasteiger partial charge in [-0.3, -0.25) is 0 Å². The maximum Gasteiger partial charge on any atom is 0.328 e. The van der Waals surface area contributed by atoms with Crippen LogP contribution in [0.4, 0.5) is 11.8 Å². The molecule has 0 bridgehead atoms. The number of nitrogen functional groups attached to an aromatic ring is 1. The van der Waals surface area contributed by atoms with Crippen molar-refractivity contribution >= 4 is 17.7 Å². The van der Waals surface area contributed by atoms with Crippen molar-refractivity contribution in [3.8, 4) is 0 Å². The number of methoxy groups -OCH3 is 1. The predicted molar refractivity (Wildman–Crippen MR) is 70.1 cm³/mol. The Morgan fingerprint density at radius 2 is 2.17 bits per heavy atom. The lowest BCUT2D eigenvalue weighted by molar-refractivity contribution is -0.141. The van der Waals surface area contributed by atoms with Crippen molar-refractivity contribution in [3.05, 3.63) is 11.8 Å². The molecule has 0 radical (unpaired) electrons. The van der Waals surface area contributed by atoms with Crippen LogP contribution in [0.2, 0.25) is 0 Å². The summed E-state index contributed by atoms with van der Waals surface area (Å²) in [4.78, 5) is 19.7. The van der Waals surface area contributed by atoms with E-state index in [2.05, 4.69) is 15.3 Å². The van der Waals surface area contributed by atoms with Crippen molar-refractivity contribution in [3.63, 3.8) is 0 Å². The Labute approximate surface area is 107 Å². The van der Waals surface area contributed by atoms with E-state index in [9.17, 15) is 4.79 Å². The third kappa shape index (κ3) is 4.20. The van der Waals surface area contributed by atoms with E-state index in [0.717, 1.165) is 5.69 Å². The summed E-state index contributed by atoms with van der Waals surface area (Å²) in [6, 6.07) is 1.32. The number of aromatic nitrogens is 2. The lowest BCUT2D eigenvalue weighted by Gasteiger charge is -2.19. The quantitative estimate of drug-likeness (QED) is 0.769. The lowest BCUT2D eigenvalue weighted by Crippen LogP contribution is -2.32. The number of nitrogens with two attached hydrogens (primary N) is 1. The molecule has 18 heavy (non-hydrogen) atoms. The maximum absolute atomic E-state index is 11.7. The minimum Gasteiger partial charge on any atom is -0.467 e. The maximum atomic E-state index is 11.7. The minimum atomic E-state index is -0.427. The monoisotopic (exact) mass is 252 g/mol. The topological polar surface area (TPSA) is 90.1 Å². The first kappa shape index (κ1) is 14.2. The molecular weight excluding hydrogens is 232 g/mol. The number of hydrogen-bond donors (Lipinski definition) is 2. The Morgan fingerprint density at radius 3 is 2.67 bits per heavy atom. The normalized spacial score (nSPS) is 12.3. The van der Waals surface area contributed by atoms with Gasteiger partial charge in [0, 0.05) is 11.8 Å². The van der Waals surface area contributed by atoms with Gasteiger partial charge in [0.25, 0.3) is 0 Å². The molecule has 0 aliphatic rings. The summed E-state index contributed by atoms with van der Waals surface area (Å²) in [7, 11) is 1.37. The fourth-order valence-corrected chi connectivity index (χ4v) is 1.67. The second kappa shape index (κ2) is 6.18. The van der Waals surface area contributed by atoms with Gasteiger partial charge in [-0.15, -0.1) is 0 Å². The van der Waals surface area contributed by atoms with Gasteiger partial charge in [0.05, 0.1) is 7.11 Å². The Bertz CT molecular complexity index is 400. The van der Waals surface area contributed by atoms with E-state index < -0.39 is 6.04 Å². The summed E-state index contributed by atoms with van der Waals surface area (Å²) >= 11 is 0. The van der Waals surface area contributed by atoms with Gasteiger partial charge in [-0.25, -0.2) is 9.78 Å². The number of rotatable bonds is 5. The van der Waals surface area contributed by atoms with E-state index >= 15 is 0 Å². The highest BCUT2D eigenvalue weighted by Crippen LogP contribution is 2.14. The molecule has 1 aromatic heterocycles. The Hall–Kier alpha value is -1.85. The number of carbonyl (C=O) groups is 1. The van der Waals surface area contributed by atoms with Crippen molar-refractivity contribution < 1.29 is 9.53 Å². The predicted octanol–water partition coefficient (Wildman–Crippen LogP) is 1.37. The number of nitrogens with zero attached hydrogens (tertiary/aromatic N) is 2.